The van der Waals surface area contributed by atoms with Gasteiger partial charge in [-0.25, -0.2) is 4.79 Å². The molecule has 9 nitrogen and oxygen atoms in total. The van der Waals surface area contributed by atoms with Gasteiger partial charge in [0, 0.05) is 59.0 Å². The van der Waals surface area contributed by atoms with Crippen LogP contribution in [0.5, 0.6) is 5.75 Å². The lowest BCUT2D eigenvalue weighted by atomic mass is 9.73. The average Bonchev–Trinajstić information content (AvgIpc) is 2.98. The molecule has 2 fully saturated rings. The van der Waals surface area contributed by atoms with E-state index in [-0.39, 0.29) is 47.2 Å². The minimum Gasteiger partial charge on any atom is -0.461 e. The van der Waals surface area contributed by atoms with Gasteiger partial charge in [0.15, 0.2) is 5.41 Å². The van der Waals surface area contributed by atoms with Gasteiger partial charge in [-0.1, -0.05) is 73.4 Å². The van der Waals surface area contributed by atoms with Crippen molar-refractivity contribution in [3.8, 4) is 5.75 Å². The fourth-order valence-corrected chi connectivity index (χ4v) is 8.97. The highest BCUT2D eigenvalue weighted by atomic mass is 16.7. The monoisotopic (exact) mass is 785 g/mol. The molecule has 56 heavy (non-hydrogen) atoms. The van der Waals surface area contributed by atoms with E-state index in [0.717, 1.165) is 23.1 Å². The van der Waals surface area contributed by atoms with Crippen molar-refractivity contribution in [2.45, 2.75) is 227 Å². The lowest BCUT2D eigenvalue weighted by molar-refractivity contribution is -0.188. The fraction of sp³-hybridized carbons (Fsp3) is 0.809. The van der Waals surface area contributed by atoms with Crippen molar-refractivity contribution in [2.75, 3.05) is 14.1 Å². The molecule has 3 rings (SSSR count). The molecule has 0 radical (unpaired) electrons. The van der Waals surface area contributed by atoms with Crippen LogP contribution in [0.1, 0.15) is 186 Å². The molecule has 0 aromatic heterocycles. The van der Waals surface area contributed by atoms with E-state index in [1.54, 1.807) is 0 Å². The Morgan fingerprint density at radius 3 is 1.32 bits per heavy atom. The van der Waals surface area contributed by atoms with Gasteiger partial charge < -0.3 is 18.9 Å². The SMILES string of the molecule is CCCCC(Cc1cc(C(C)(C)C)c(OC(=O)OC(C)(C)C)c(C(C)(C)C)c1)(C(=O)OC1CC(C)(C)N(C)C(C)(C)C1)C(=O)OC1CC(C)(C)N(C)C(C)(C)C1. The number of rotatable bonds is 10. The first-order chi connectivity index (χ1) is 25.1. The van der Waals surface area contributed by atoms with Gasteiger partial charge in [-0.2, -0.15) is 0 Å². The standard InChI is InChI=1S/C47H80N2O7/c1-21-22-23-47(37(50)53-32-27-43(11,12)48(19)44(13,14)28-32,38(51)54-33-29-45(15,16)49(20)46(17,18)30-33)26-31-24-34(40(2,3)4)36(35(25-31)41(5,6)7)55-39(52)56-42(8,9)10/h24-25,32-33H,21-23,26-30H2,1-20H3. The van der Waals surface area contributed by atoms with Crippen LogP contribution in [0.3, 0.4) is 0 Å². The minimum atomic E-state index is -1.61. The Kier molecular flexibility index (Phi) is 13.8. The van der Waals surface area contributed by atoms with E-state index in [1.807, 2.05) is 32.9 Å². The molecule has 0 unspecified atom stereocenters. The van der Waals surface area contributed by atoms with Crippen molar-refractivity contribution < 1.29 is 33.3 Å². The Bertz CT molecular complexity index is 1460. The maximum atomic E-state index is 15.2. The molecule has 0 amide bonds. The van der Waals surface area contributed by atoms with Crippen molar-refractivity contribution in [1.29, 1.82) is 0 Å². The molecular weight excluding hydrogens is 705 g/mol. The number of hydrogen-bond acceptors (Lipinski definition) is 9. The topological polar surface area (TPSA) is 94.6 Å². The van der Waals surface area contributed by atoms with Crippen LogP contribution in [0.2, 0.25) is 0 Å². The smallest absolute Gasteiger partial charge is 0.461 e. The third-order valence-corrected chi connectivity index (χ3v) is 12.7. The van der Waals surface area contributed by atoms with Crippen molar-refractivity contribution in [3.63, 3.8) is 0 Å². The molecule has 1 aromatic rings. The number of nitrogens with zero attached hydrogens (tertiary/aromatic N) is 2. The molecule has 0 atom stereocenters. The van der Waals surface area contributed by atoms with Crippen molar-refractivity contribution in [1.82, 2.24) is 9.80 Å². The summed E-state index contributed by atoms with van der Waals surface area (Å²) in [6, 6.07) is 4.00. The van der Waals surface area contributed by atoms with Gasteiger partial charge in [0.25, 0.3) is 0 Å². The number of piperidine rings is 2. The van der Waals surface area contributed by atoms with E-state index >= 15 is 9.59 Å². The summed E-state index contributed by atoms with van der Waals surface area (Å²) in [5.41, 5.74) is -1.84. The van der Waals surface area contributed by atoms with Gasteiger partial charge in [-0.3, -0.25) is 19.4 Å². The van der Waals surface area contributed by atoms with Crippen LogP contribution in [0.4, 0.5) is 4.79 Å². The maximum absolute atomic E-state index is 15.2. The second-order valence-corrected chi connectivity index (χ2v) is 22.7. The Morgan fingerprint density at radius 2 is 1.02 bits per heavy atom. The summed E-state index contributed by atoms with van der Waals surface area (Å²) < 4.78 is 24.9. The van der Waals surface area contributed by atoms with Gasteiger partial charge in [0.1, 0.15) is 23.6 Å². The third-order valence-electron chi connectivity index (χ3n) is 12.7. The molecule has 1 aromatic carbocycles. The molecule has 320 valence electrons. The summed E-state index contributed by atoms with van der Waals surface area (Å²) in [4.78, 5) is 48.4. The first-order valence-corrected chi connectivity index (χ1v) is 21.1. The zero-order valence-corrected chi connectivity index (χ0v) is 39.2. The number of carbonyl (C=O) groups excluding carboxylic acids is 3. The van der Waals surface area contributed by atoms with Crippen molar-refractivity contribution in [2.24, 2.45) is 5.41 Å². The predicted octanol–water partition coefficient (Wildman–Crippen LogP) is 10.7. The van der Waals surface area contributed by atoms with E-state index in [4.69, 9.17) is 18.9 Å². The number of hydrogen-bond donors (Lipinski definition) is 0. The first-order valence-electron chi connectivity index (χ1n) is 21.1. The first kappa shape index (κ1) is 47.7. The Labute approximate surface area is 341 Å². The van der Waals surface area contributed by atoms with Gasteiger partial charge in [0.2, 0.25) is 0 Å². The van der Waals surface area contributed by atoms with Crippen LogP contribution < -0.4 is 4.74 Å². The second kappa shape index (κ2) is 16.2. The molecular formula is C47H80N2O7. The summed E-state index contributed by atoms with van der Waals surface area (Å²) in [5, 5.41) is 0. The molecule has 9 heteroatoms. The van der Waals surface area contributed by atoms with Gasteiger partial charge in [-0.05, 0) is 119 Å². The highest BCUT2D eigenvalue weighted by Gasteiger charge is 2.54. The average molecular weight is 785 g/mol. The summed E-state index contributed by atoms with van der Waals surface area (Å²) in [6.45, 7) is 37.4. The lowest BCUT2D eigenvalue weighted by Gasteiger charge is -2.53. The fourth-order valence-electron chi connectivity index (χ4n) is 8.97. The number of unbranched alkanes of at least 4 members (excludes halogenated alkanes) is 1. The summed E-state index contributed by atoms with van der Waals surface area (Å²) >= 11 is 0. The van der Waals surface area contributed by atoms with Crippen LogP contribution in [-0.2, 0) is 41.1 Å². The van der Waals surface area contributed by atoms with Crippen LogP contribution in [0, 0.1) is 5.41 Å². The highest BCUT2D eigenvalue weighted by Crippen LogP contribution is 2.46. The second-order valence-electron chi connectivity index (χ2n) is 22.7. The number of carbonyl (C=O) groups is 3. The summed E-state index contributed by atoms with van der Waals surface area (Å²) in [6.07, 6.45) is 2.85. The molecule has 0 aliphatic carbocycles. The van der Waals surface area contributed by atoms with E-state index in [2.05, 4.69) is 128 Å². The number of esters is 2. The Morgan fingerprint density at radius 1 is 0.661 bits per heavy atom. The lowest BCUT2D eigenvalue weighted by Crippen LogP contribution is -2.61. The molecule has 2 heterocycles. The number of likely N-dealkylation sites (tertiary alicyclic amines) is 2. The molecule has 0 saturated carbocycles. The quantitative estimate of drug-likeness (QED) is 0.0994. The Balaban J connectivity index is 2.28. The van der Waals surface area contributed by atoms with Crippen molar-refractivity contribution in [3.05, 3.63) is 28.8 Å². The van der Waals surface area contributed by atoms with Crippen LogP contribution >= 0.6 is 0 Å². The highest BCUT2D eigenvalue weighted by molar-refractivity contribution is 6.00. The summed E-state index contributed by atoms with van der Waals surface area (Å²) in [5.74, 6) is -0.599. The van der Waals surface area contributed by atoms with Gasteiger partial charge in [-0.15, -0.1) is 0 Å². The predicted molar refractivity (Wildman–Crippen MR) is 226 cm³/mol. The normalized spacial score (nSPS) is 21.0. The Hall–Kier alpha value is -2.65. The van der Waals surface area contributed by atoms with E-state index in [9.17, 15) is 4.79 Å². The van der Waals surface area contributed by atoms with Crippen LogP contribution in [-0.4, -0.2) is 82.0 Å². The van der Waals surface area contributed by atoms with E-state index in [1.165, 1.54) is 0 Å². The number of ether oxygens (including phenoxy) is 4. The largest absolute Gasteiger partial charge is 0.514 e. The number of benzene rings is 1. The third kappa shape index (κ3) is 11.1. The summed E-state index contributed by atoms with van der Waals surface area (Å²) in [7, 11) is 4.25. The molecule has 2 aliphatic heterocycles. The van der Waals surface area contributed by atoms with Crippen LogP contribution in [0.25, 0.3) is 0 Å². The van der Waals surface area contributed by atoms with Crippen molar-refractivity contribution >= 4 is 18.1 Å². The molecule has 2 aliphatic rings. The molecule has 0 spiro atoms. The van der Waals surface area contributed by atoms with Crippen LogP contribution in [0.15, 0.2) is 12.1 Å². The zero-order chi connectivity index (χ0) is 43.3. The molecule has 0 N–H and O–H groups in total. The van der Waals surface area contributed by atoms with E-state index < -0.39 is 39.9 Å². The molecule has 2 saturated heterocycles. The van der Waals surface area contributed by atoms with E-state index in [0.29, 0.717) is 37.9 Å². The van der Waals surface area contributed by atoms with Gasteiger partial charge in [0.05, 0.1) is 0 Å². The minimum absolute atomic E-state index is 0.0857. The maximum Gasteiger partial charge on any atom is 0.514 e. The zero-order valence-electron chi connectivity index (χ0n) is 39.2. The molecule has 0 bridgehead atoms. The van der Waals surface area contributed by atoms with Gasteiger partial charge >= 0.3 is 18.1 Å².